The Morgan fingerprint density at radius 1 is 0.949 bits per heavy atom. The Labute approximate surface area is 344 Å². The van der Waals surface area contributed by atoms with E-state index in [1.165, 1.54) is 20.4 Å². The van der Waals surface area contributed by atoms with Crippen molar-refractivity contribution in [3.8, 4) is 33.8 Å². The summed E-state index contributed by atoms with van der Waals surface area (Å²) >= 11 is 0. The van der Waals surface area contributed by atoms with Crippen LogP contribution in [0.5, 0.6) is 0 Å². The second-order valence-corrected chi connectivity index (χ2v) is 15.5. The van der Waals surface area contributed by atoms with Crippen LogP contribution in [-0.4, -0.2) is 93.3 Å². The fourth-order valence-corrected chi connectivity index (χ4v) is 7.32. The number of benzene rings is 2. The van der Waals surface area contributed by atoms with E-state index in [-0.39, 0.29) is 29.7 Å². The number of carbonyl (C=O) groups is 4. The first-order chi connectivity index (χ1) is 28.4. The number of amides is 4. The Balaban J connectivity index is 1.14. The van der Waals surface area contributed by atoms with E-state index in [9.17, 15) is 19.2 Å². The van der Waals surface area contributed by atoms with Crippen molar-refractivity contribution in [2.24, 2.45) is 22.7 Å². The first kappa shape index (κ1) is 42.4. The molecule has 3 aromatic heterocycles. The van der Waals surface area contributed by atoms with E-state index < -0.39 is 24.1 Å². The molecule has 1 unspecified atom stereocenters. The van der Waals surface area contributed by atoms with E-state index in [1.54, 1.807) is 22.2 Å². The van der Waals surface area contributed by atoms with Gasteiger partial charge in [-0.1, -0.05) is 65.3 Å². The summed E-state index contributed by atoms with van der Waals surface area (Å²) in [5, 5.41) is 3.63. The van der Waals surface area contributed by atoms with Crippen LogP contribution in [0.3, 0.4) is 0 Å². The summed E-state index contributed by atoms with van der Waals surface area (Å²) in [5.41, 5.74) is 5.16. The maximum atomic E-state index is 13.7. The van der Waals surface area contributed by atoms with Crippen molar-refractivity contribution in [3.05, 3.63) is 72.6 Å². The second-order valence-electron chi connectivity index (χ2n) is 15.5. The molecule has 312 valence electrons. The number of aromatic nitrogens is 4. The molecule has 0 saturated carbocycles. The molecule has 1 aliphatic heterocycles. The molecular weight excluding hydrogens is 753 g/mol. The zero-order chi connectivity index (χ0) is 42.2. The van der Waals surface area contributed by atoms with E-state index in [0.717, 1.165) is 70.5 Å². The van der Waals surface area contributed by atoms with Crippen LogP contribution < -0.4 is 5.32 Å². The highest BCUT2D eigenvalue weighted by Crippen LogP contribution is 2.35. The van der Waals surface area contributed by atoms with Gasteiger partial charge in [0.25, 0.3) is 0 Å². The lowest BCUT2D eigenvalue weighted by Crippen LogP contribution is -2.51. The number of carbonyl (C=O) groups excluding carboxylic acids is 4. The van der Waals surface area contributed by atoms with Gasteiger partial charge in [-0.2, -0.15) is 4.99 Å². The van der Waals surface area contributed by atoms with Crippen LogP contribution in [0.15, 0.2) is 70.3 Å². The third-order valence-electron chi connectivity index (χ3n) is 10.7. The zero-order valence-electron chi connectivity index (χ0n) is 34.8. The van der Waals surface area contributed by atoms with Crippen LogP contribution in [0.1, 0.15) is 78.0 Å². The largest absolute Gasteiger partial charge is 0.456 e. The lowest BCUT2D eigenvalue weighted by molar-refractivity contribution is -0.136. The van der Waals surface area contributed by atoms with E-state index >= 15 is 0 Å². The normalized spacial score (nSPS) is 15.3. The SMILES string of the molecule is CCCCN(Cc1ncc(-c2ccc(-c3cc4cc(-c5cnc([C@@H]6CCCN6C(=O)[C@@H](NC(=O)OC)C(C)C)[nH]5)ccc4o3)cc2)[nH]1)C(=O)C(C=NC(=O)OC)C(C)C. The number of furan rings is 1. The number of aliphatic imine (C=N–C) groups is 1. The number of H-pyrrole nitrogens is 2. The maximum Gasteiger partial charge on any atom is 0.432 e. The lowest BCUT2D eigenvalue weighted by Gasteiger charge is -2.30. The standard InChI is InChI=1S/C44H54N8O7/c1-8-9-18-51(41(53)32(26(2)3)22-47-43(55)57-6)25-38-45-23-33(48-38)28-12-14-29(15-13-28)37-21-31-20-30(16-17-36(31)59-37)34-24-46-40(49-34)35-11-10-19-52(35)42(54)39(27(4)5)50-44(56)58-7/h12-17,20-24,26-27,32,35,39H,8-11,18-19,25H2,1-7H3,(H,45,48)(H,46,49)(H,50,56)/t32?,35-,39-/m0/s1. The van der Waals surface area contributed by atoms with E-state index in [2.05, 4.69) is 48.0 Å². The highest BCUT2D eigenvalue weighted by molar-refractivity contribution is 5.96. The van der Waals surface area contributed by atoms with Crippen molar-refractivity contribution >= 4 is 41.2 Å². The fourth-order valence-electron chi connectivity index (χ4n) is 7.32. The number of hydrogen-bond acceptors (Lipinski definition) is 9. The van der Waals surface area contributed by atoms with Crippen molar-refractivity contribution < 1.29 is 33.1 Å². The number of nitrogens with one attached hydrogen (secondary N) is 3. The molecule has 15 heteroatoms. The molecule has 6 rings (SSSR count). The average Bonchev–Trinajstić information content (AvgIpc) is 4.07. The number of fused-ring (bicyclic) bond motifs is 1. The number of likely N-dealkylation sites (tertiary alicyclic amines) is 1. The Kier molecular flexibility index (Phi) is 13.6. The van der Waals surface area contributed by atoms with Crippen molar-refractivity contribution in [3.63, 3.8) is 0 Å². The van der Waals surface area contributed by atoms with Gasteiger partial charge >= 0.3 is 12.2 Å². The number of ether oxygens (including phenoxy) is 2. The van der Waals surface area contributed by atoms with Gasteiger partial charge in [-0.15, -0.1) is 0 Å². The van der Waals surface area contributed by atoms with Gasteiger partial charge in [-0.3, -0.25) is 9.59 Å². The molecule has 15 nitrogen and oxygen atoms in total. The quantitative estimate of drug-likeness (QED) is 0.0877. The van der Waals surface area contributed by atoms with E-state index in [4.69, 9.17) is 9.15 Å². The third kappa shape index (κ3) is 9.90. The Morgan fingerprint density at radius 3 is 2.36 bits per heavy atom. The van der Waals surface area contributed by atoms with Crippen LogP contribution >= 0.6 is 0 Å². The summed E-state index contributed by atoms with van der Waals surface area (Å²) < 4.78 is 15.7. The van der Waals surface area contributed by atoms with Crippen molar-refractivity contribution in [1.82, 2.24) is 35.1 Å². The zero-order valence-corrected chi connectivity index (χ0v) is 34.8. The lowest BCUT2D eigenvalue weighted by atomic mass is 9.95. The van der Waals surface area contributed by atoms with Gasteiger partial charge in [0, 0.05) is 35.8 Å². The molecule has 59 heavy (non-hydrogen) atoms. The number of aromatic amines is 2. The topological polar surface area (TPSA) is 188 Å². The van der Waals surface area contributed by atoms with Crippen molar-refractivity contribution in [2.45, 2.75) is 78.9 Å². The van der Waals surface area contributed by atoms with Gasteiger partial charge in [-0.05, 0) is 60.9 Å². The molecule has 3 atom stereocenters. The van der Waals surface area contributed by atoms with Gasteiger partial charge < -0.3 is 39.0 Å². The first-order valence-corrected chi connectivity index (χ1v) is 20.2. The molecule has 1 saturated heterocycles. The monoisotopic (exact) mass is 806 g/mol. The van der Waals surface area contributed by atoms with Crippen molar-refractivity contribution in [1.29, 1.82) is 0 Å². The summed E-state index contributed by atoms with van der Waals surface area (Å²) in [6.07, 6.45) is 6.91. The van der Waals surface area contributed by atoms with Gasteiger partial charge in [0.2, 0.25) is 11.8 Å². The average molecular weight is 807 g/mol. The minimum atomic E-state index is -0.738. The maximum absolute atomic E-state index is 13.7. The Morgan fingerprint density at radius 2 is 1.66 bits per heavy atom. The summed E-state index contributed by atoms with van der Waals surface area (Å²) in [6.45, 7) is 11.1. The van der Waals surface area contributed by atoms with Gasteiger partial charge in [0.1, 0.15) is 29.0 Å². The molecule has 1 fully saturated rings. The molecule has 5 aromatic rings. The van der Waals surface area contributed by atoms with Crippen molar-refractivity contribution in [2.75, 3.05) is 27.3 Å². The number of hydrogen-bond donors (Lipinski definition) is 3. The molecule has 0 bridgehead atoms. The molecular formula is C44H54N8O7. The molecule has 1 aliphatic rings. The number of unbranched alkanes of at least 4 members (excludes halogenated alkanes) is 1. The molecule has 2 aromatic carbocycles. The summed E-state index contributed by atoms with van der Waals surface area (Å²) in [7, 11) is 2.54. The Bertz CT molecular complexity index is 2270. The molecule has 0 spiro atoms. The summed E-state index contributed by atoms with van der Waals surface area (Å²) in [4.78, 5) is 74.4. The minimum absolute atomic E-state index is 0.0688. The van der Waals surface area contributed by atoms with Crippen LogP contribution in [0.25, 0.3) is 44.8 Å². The number of imidazole rings is 2. The number of rotatable bonds is 15. The van der Waals surface area contributed by atoms with Crippen LogP contribution in [0.4, 0.5) is 9.59 Å². The van der Waals surface area contributed by atoms with Gasteiger partial charge in [-0.25, -0.2) is 19.6 Å². The summed E-state index contributed by atoms with van der Waals surface area (Å²) in [6, 6.07) is 15.1. The molecule has 3 N–H and O–H groups in total. The molecule has 0 radical (unpaired) electrons. The number of methoxy groups -OCH3 is 2. The van der Waals surface area contributed by atoms with E-state index in [0.29, 0.717) is 31.3 Å². The van der Waals surface area contributed by atoms with Crippen LogP contribution in [0, 0.1) is 17.8 Å². The molecule has 4 amide bonds. The molecule has 4 heterocycles. The minimum Gasteiger partial charge on any atom is -0.456 e. The number of nitrogens with zero attached hydrogens (tertiary/aromatic N) is 5. The van der Waals surface area contributed by atoms with Gasteiger partial charge in [0.05, 0.1) is 56.5 Å². The predicted molar refractivity (Wildman–Crippen MR) is 224 cm³/mol. The first-order valence-electron chi connectivity index (χ1n) is 20.2. The second kappa shape index (κ2) is 19.0. The van der Waals surface area contributed by atoms with Crippen LogP contribution in [0.2, 0.25) is 0 Å². The highest BCUT2D eigenvalue weighted by atomic mass is 16.5. The number of alkyl carbamates (subject to hydrolysis) is 1. The predicted octanol–water partition coefficient (Wildman–Crippen LogP) is 8.16. The molecule has 0 aliphatic carbocycles. The Hall–Kier alpha value is -6.25. The van der Waals surface area contributed by atoms with E-state index in [1.807, 2.05) is 70.2 Å². The van der Waals surface area contributed by atoms with Crippen LogP contribution in [-0.2, 0) is 25.6 Å². The third-order valence-corrected chi connectivity index (χ3v) is 10.7. The van der Waals surface area contributed by atoms with Gasteiger partial charge in [0.15, 0.2) is 0 Å². The highest BCUT2D eigenvalue weighted by Gasteiger charge is 2.37. The summed E-state index contributed by atoms with van der Waals surface area (Å²) in [5.74, 6) is 1.04. The fraction of sp³-hybridized carbons (Fsp3) is 0.432. The smallest absolute Gasteiger partial charge is 0.432 e.